The third-order valence-electron chi connectivity index (χ3n) is 2.79. The van der Waals surface area contributed by atoms with E-state index < -0.39 is 23.6 Å². The fourth-order valence-corrected chi connectivity index (χ4v) is 1.71. The summed E-state index contributed by atoms with van der Waals surface area (Å²) in [5.41, 5.74) is 5.24. The van der Waals surface area contributed by atoms with Crippen molar-refractivity contribution >= 4 is 17.6 Å². The maximum Gasteiger partial charge on any atom is 0.308 e. The first-order valence-electron chi connectivity index (χ1n) is 6.02. The highest BCUT2D eigenvalue weighted by Crippen LogP contribution is 2.15. The number of hydrogen-bond donors (Lipinski definition) is 3. The van der Waals surface area contributed by atoms with Gasteiger partial charge in [-0.15, -0.1) is 0 Å². The number of halogens is 1. The smallest absolute Gasteiger partial charge is 0.308 e. The second-order valence-electron chi connectivity index (χ2n) is 4.23. The van der Waals surface area contributed by atoms with E-state index in [0.29, 0.717) is 12.8 Å². The van der Waals surface area contributed by atoms with Gasteiger partial charge in [-0.25, -0.2) is 4.39 Å². The van der Waals surface area contributed by atoms with Gasteiger partial charge >= 0.3 is 5.97 Å². The summed E-state index contributed by atoms with van der Waals surface area (Å²) < 4.78 is 13.2. The Hall–Kier alpha value is -2.11. The number of carboxylic acid groups (broad SMARTS) is 1. The molecule has 0 aliphatic heterocycles. The molecule has 1 rings (SSSR count). The van der Waals surface area contributed by atoms with E-state index in [-0.39, 0.29) is 17.8 Å². The summed E-state index contributed by atoms with van der Waals surface area (Å²) in [4.78, 5) is 22.7. The Kier molecular flexibility index (Phi) is 5.29. The van der Waals surface area contributed by atoms with Crippen molar-refractivity contribution in [2.75, 3.05) is 12.3 Å². The van der Waals surface area contributed by atoms with Crippen LogP contribution < -0.4 is 11.1 Å². The molecule has 1 aromatic carbocycles. The molecule has 1 unspecified atom stereocenters. The average Bonchev–Trinajstić information content (AvgIpc) is 2.37. The lowest BCUT2D eigenvalue weighted by Crippen LogP contribution is -2.33. The van der Waals surface area contributed by atoms with Crippen molar-refractivity contribution in [3.63, 3.8) is 0 Å². The summed E-state index contributed by atoms with van der Waals surface area (Å²) in [6, 6.07) is 3.92. The Morgan fingerprint density at radius 3 is 2.74 bits per heavy atom. The van der Waals surface area contributed by atoms with E-state index in [2.05, 4.69) is 5.32 Å². The molecule has 0 aliphatic carbocycles. The monoisotopic (exact) mass is 268 g/mol. The number of hydrogen-bond acceptors (Lipinski definition) is 3. The lowest BCUT2D eigenvalue weighted by molar-refractivity contribution is -0.141. The van der Waals surface area contributed by atoms with E-state index in [1.165, 1.54) is 12.1 Å². The Morgan fingerprint density at radius 1 is 1.47 bits per heavy atom. The van der Waals surface area contributed by atoms with Gasteiger partial charge in [0.1, 0.15) is 5.82 Å². The zero-order chi connectivity index (χ0) is 14.4. The van der Waals surface area contributed by atoms with E-state index >= 15 is 0 Å². The van der Waals surface area contributed by atoms with Crippen LogP contribution in [0.4, 0.5) is 10.1 Å². The lowest BCUT2D eigenvalue weighted by Gasteiger charge is -2.13. The Bertz CT molecular complexity index is 477. The molecular weight excluding hydrogens is 251 g/mol. The van der Waals surface area contributed by atoms with Crippen LogP contribution in [0.1, 0.15) is 30.1 Å². The predicted molar refractivity (Wildman–Crippen MR) is 69.2 cm³/mol. The number of rotatable bonds is 6. The molecular formula is C13H17FN2O3. The van der Waals surface area contributed by atoms with Gasteiger partial charge in [0, 0.05) is 6.54 Å². The first-order valence-corrected chi connectivity index (χ1v) is 6.02. The van der Waals surface area contributed by atoms with E-state index in [9.17, 15) is 14.0 Å². The fourth-order valence-electron chi connectivity index (χ4n) is 1.71. The number of benzene rings is 1. The van der Waals surface area contributed by atoms with Gasteiger partial charge in [0.15, 0.2) is 0 Å². The van der Waals surface area contributed by atoms with Crippen molar-refractivity contribution in [3.8, 4) is 0 Å². The minimum atomic E-state index is -0.964. The molecule has 6 heteroatoms. The summed E-state index contributed by atoms with van der Waals surface area (Å²) in [7, 11) is 0. The number of nitrogen functional groups attached to an aromatic ring is 1. The largest absolute Gasteiger partial charge is 0.481 e. The molecule has 19 heavy (non-hydrogen) atoms. The Labute approximate surface area is 110 Å². The molecule has 0 saturated heterocycles. The highest BCUT2D eigenvalue weighted by atomic mass is 19.1. The molecule has 0 bridgehead atoms. The Morgan fingerprint density at radius 2 is 2.16 bits per heavy atom. The van der Waals surface area contributed by atoms with E-state index in [0.717, 1.165) is 6.07 Å². The number of amides is 1. The van der Waals surface area contributed by atoms with Gasteiger partial charge < -0.3 is 16.2 Å². The number of nitrogens with two attached hydrogens (primary N) is 1. The second kappa shape index (κ2) is 6.72. The van der Waals surface area contributed by atoms with Gasteiger partial charge in [0.05, 0.1) is 17.2 Å². The maximum absolute atomic E-state index is 13.2. The van der Waals surface area contributed by atoms with E-state index in [1.54, 1.807) is 0 Å². The van der Waals surface area contributed by atoms with Crippen molar-refractivity contribution in [1.82, 2.24) is 5.32 Å². The number of carbonyl (C=O) groups is 2. The van der Waals surface area contributed by atoms with Crippen LogP contribution >= 0.6 is 0 Å². The number of aliphatic carboxylic acids is 1. The van der Waals surface area contributed by atoms with Gasteiger partial charge in [-0.3, -0.25) is 9.59 Å². The molecule has 5 nitrogen and oxygen atoms in total. The van der Waals surface area contributed by atoms with Crippen molar-refractivity contribution in [1.29, 1.82) is 0 Å². The molecule has 0 heterocycles. The zero-order valence-electron chi connectivity index (χ0n) is 10.6. The van der Waals surface area contributed by atoms with Crippen LogP contribution in [0.5, 0.6) is 0 Å². The standard InChI is InChI=1S/C13H17FN2O3/c1-2-4-8(13(18)19)7-16-12(17)9-5-3-6-10(14)11(9)15/h3,5-6,8H,2,4,7,15H2,1H3,(H,16,17)(H,18,19). The summed E-state index contributed by atoms with van der Waals surface area (Å²) in [5.74, 6) is -2.85. The summed E-state index contributed by atoms with van der Waals surface area (Å²) in [6.45, 7) is 1.86. The van der Waals surface area contributed by atoms with Crippen LogP contribution in [0.15, 0.2) is 18.2 Å². The lowest BCUT2D eigenvalue weighted by atomic mass is 10.0. The molecule has 0 fully saturated rings. The molecule has 0 radical (unpaired) electrons. The maximum atomic E-state index is 13.2. The number of carboxylic acids is 1. The number of para-hydroxylation sites is 1. The van der Waals surface area contributed by atoms with Crippen molar-refractivity contribution in [2.24, 2.45) is 5.92 Å². The summed E-state index contributed by atoms with van der Waals surface area (Å²) >= 11 is 0. The predicted octanol–water partition coefficient (Wildman–Crippen LogP) is 1.64. The highest BCUT2D eigenvalue weighted by molar-refractivity contribution is 5.99. The molecule has 4 N–H and O–H groups in total. The topological polar surface area (TPSA) is 92.4 Å². The van der Waals surface area contributed by atoms with Crippen LogP contribution in [0.3, 0.4) is 0 Å². The van der Waals surface area contributed by atoms with Crippen LogP contribution in [0, 0.1) is 11.7 Å². The summed E-state index contributed by atoms with van der Waals surface area (Å²) in [5, 5.41) is 11.4. The minimum Gasteiger partial charge on any atom is -0.481 e. The van der Waals surface area contributed by atoms with Gasteiger partial charge in [-0.1, -0.05) is 19.4 Å². The molecule has 1 atom stereocenters. The van der Waals surface area contributed by atoms with Gasteiger partial charge in [0.25, 0.3) is 5.91 Å². The second-order valence-corrected chi connectivity index (χ2v) is 4.23. The van der Waals surface area contributed by atoms with Crippen molar-refractivity contribution < 1.29 is 19.1 Å². The van der Waals surface area contributed by atoms with Crippen LogP contribution in [0.25, 0.3) is 0 Å². The van der Waals surface area contributed by atoms with Crippen molar-refractivity contribution in [2.45, 2.75) is 19.8 Å². The number of anilines is 1. The zero-order valence-corrected chi connectivity index (χ0v) is 10.6. The molecule has 0 aliphatic rings. The normalized spacial score (nSPS) is 11.9. The third-order valence-corrected chi connectivity index (χ3v) is 2.79. The molecule has 0 saturated carbocycles. The van der Waals surface area contributed by atoms with Crippen LogP contribution in [-0.2, 0) is 4.79 Å². The third kappa shape index (κ3) is 3.94. The number of nitrogens with one attached hydrogen (secondary N) is 1. The van der Waals surface area contributed by atoms with Crippen molar-refractivity contribution in [3.05, 3.63) is 29.6 Å². The van der Waals surface area contributed by atoms with Gasteiger partial charge in [-0.05, 0) is 18.6 Å². The quantitative estimate of drug-likeness (QED) is 0.684. The van der Waals surface area contributed by atoms with Crippen LogP contribution in [-0.4, -0.2) is 23.5 Å². The molecule has 0 aromatic heterocycles. The Balaban J connectivity index is 2.69. The SMILES string of the molecule is CCCC(CNC(=O)c1cccc(F)c1N)C(=O)O. The summed E-state index contributed by atoms with van der Waals surface area (Å²) in [6.07, 6.45) is 1.17. The average molecular weight is 268 g/mol. The first kappa shape index (κ1) is 14.9. The molecule has 1 aromatic rings. The van der Waals surface area contributed by atoms with E-state index in [4.69, 9.17) is 10.8 Å². The van der Waals surface area contributed by atoms with Gasteiger partial charge in [0.2, 0.25) is 0 Å². The molecule has 104 valence electrons. The first-order chi connectivity index (χ1) is 8.97. The minimum absolute atomic E-state index is 0.00202. The highest BCUT2D eigenvalue weighted by Gasteiger charge is 2.19. The van der Waals surface area contributed by atoms with E-state index in [1.807, 2.05) is 6.92 Å². The number of carbonyl (C=O) groups excluding carboxylic acids is 1. The fraction of sp³-hybridized carbons (Fsp3) is 0.385. The molecule has 1 amide bonds. The molecule has 0 spiro atoms. The van der Waals surface area contributed by atoms with Gasteiger partial charge in [-0.2, -0.15) is 0 Å². The van der Waals surface area contributed by atoms with Crippen LogP contribution in [0.2, 0.25) is 0 Å².